The van der Waals surface area contributed by atoms with Crippen LogP contribution in [0.25, 0.3) is 0 Å². The molecule has 0 aromatic carbocycles. The Balaban J connectivity index is 3.18. The minimum atomic E-state index is -2.76. The Hall–Kier alpha value is -0.990. The molecule has 1 aromatic rings. The minimum Gasteiger partial charge on any atom is -0.481 e. The maximum absolute atomic E-state index is 13.0. The molecule has 0 bridgehead atoms. The summed E-state index contributed by atoms with van der Waals surface area (Å²) in [5.74, 6) is -0.713. The zero-order valence-corrected chi connectivity index (χ0v) is 12.0. The Morgan fingerprint density at radius 2 is 2.22 bits per heavy atom. The van der Waals surface area contributed by atoms with Crippen molar-refractivity contribution in [2.75, 3.05) is 13.7 Å². The van der Waals surface area contributed by atoms with E-state index in [2.05, 4.69) is 4.98 Å². The van der Waals surface area contributed by atoms with Crippen LogP contribution in [0.4, 0.5) is 8.78 Å². The van der Waals surface area contributed by atoms with Gasteiger partial charge in [-0.05, 0) is 35.1 Å². The maximum atomic E-state index is 13.0. The number of nitrogens with zero attached hydrogens (tertiary/aromatic N) is 1. The highest BCUT2D eigenvalue weighted by Crippen LogP contribution is 2.33. The first-order chi connectivity index (χ1) is 8.51. The highest BCUT2D eigenvalue weighted by atomic mass is 127. The molecule has 0 aliphatic rings. The SMILES string of the molecule is CCOC(=O)Cc1c(I)cnc(OC)c1C(F)F. The zero-order valence-electron chi connectivity index (χ0n) is 9.87. The number of rotatable bonds is 5. The van der Waals surface area contributed by atoms with Crippen LogP contribution < -0.4 is 4.74 Å². The topological polar surface area (TPSA) is 48.4 Å². The standard InChI is InChI=1S/C11H12F2INO3/c1-3-18-8(16)4-6-7(14)5-15-11(17-2)9(6)10(12)13/h5,10H,3-4H2,1-2H3. The van der Waals surface area contributed by atoms with Crippen LogP contribution >= 0.6 is 22.6 Å². The summed E-state index contributed by atoms with van der Waals surface area (Å²) in [7, 11) is 1.26. The molecule has 0 unspecified atom stereocenters. The fourth-order valence-corrected chi connectivity index (χ4v) is 2.06. The second-order valence-corrected chi connectivity index (χ2v) is 4.45. The smallest absolute Gasteiger partial charge is 0.310 e. The first-order valence-corrected chi connectivity index (χ1v) is 6.24. The summed E-state index contributed by atoms with van der Waals surface area (Å²) in [6.45, 7) is 1.87. The third-order valence-electron chi connectivity index (χ3n) is 2.18. The number of carbonyl (C=O) groups is 1. The first kappa shape index (κ1) is 15.1. The molecular formula is C11H12F2INO3. The molecule has 0 spiro atoms. The monoisotopic (exact) mass is 371 g/mol. The molecule has 0 saturated carbocycles. The van der Waals surface area contributed by atoms with E-state index in [4.69, 9.17) is 9.47 Å². The summed E-state index contributed by atoms with van der Waals surface area (Å²) in [5.41, 5.74) is -0.145. The van der Waals surface area contributed by atoms with E-state index in [1.165, 1.54) is 13.3 Å². The van der Waals surface area contributed by atoms with Crippen molar-refractivity contribution in [3.8, 4) is 5.88 Å². The Labute approximate surface area is 117 Å². The van der Waals surface area contributed by atoms with E-state index in [0.29, 0.717) is 3.57 Å². The highest BCUT2D eigenvalue weighted by Gasteiger charge is 2.24. The molecule has 0 radical (unpaired) electrons. The number of pyridine rings is 1. The first-order valence-electron chi connectivity index (χ1n) is 5.16. The fraction of sp³-hybridized carbons (Fsp3) is 0.455. The maximum Gasteiger partial charge on any atom is 0.310 e. The van der Waals surface area contributed by atoms with Crippen LogP contribution in [0.5, 0.6) is 5.88 Å². The molecule has 1 rings (SSSR count). The lowest BCUT2D eigenvalue weighted by Gasteiger charge is -2.13. The molecule has 0 saturated heterocycles. The number of halogens is 3. The molecule has 7 heteroatoms. The summed E-state index contributed by atoms with van der Waals surface area (Å²) in [6, 6.07) is 0. The predicted molar refractivity (Wildman–Crippen MR) is 68.8 cm³/mol. The normalized spacial score (nSPS) is 10.6. The molecular weight excluding hydrogens is 359 g/mol. The van der Waals surface area contributed by atoms with Crippen molar-refractivity contribution < 1.29 is 23.0 Å². The van der Waals surface area contributed by atoms with Gasteiger partial charge in [0.2, 0.25) is 5.88 Å². The van der Waals surface area contributed by atoms with Gasteiger partial charge >= 0.3 is 5.97 Å². The molecule has 0 fully saturated rings. The van der Waals surface area contributed by atoms with Gasteiger partial charge in [0, 0.05) is 9.77 Å². The van der Waals surface area contributed by atoms with Crippen molar-refractivity contribution in [3.05, 3.63) is 20.9 Å². The van der Waals surface area contributed by atoms with Gasteiger partial charge in [0.05, 0.1) is 25.7 Å². The number of ether oxygens (including phenoxy) is 2. The van der Waals surface area contributed by atoms with E-state index < -0.39 is 12.4 Å². The zero-order chi connectivity index (χ0) is 13.7. The number of hydrogen-bond donors (Lipinski definition) is 0. The second kappa shape index (κ2) is 6.81. The molecule has 1 heterocycles. The van der Waals surface area contributed by atoms with Crippen molar-refractivity contribution in [2.24, 2.45) is 0 Å². The van der Waals surface area contributed by atoms with Gasteiger partial charge in [-0.3, -0.25) is 4.79 Å². The Bertz CT molecular complexity index is 441. The highest BCUT2D eigenvalue weighted by molar-refractivity contribution is 14.1. The van der Waals surface area contributed by atoms with Crippen molar-refractivity contribution in [1.29, 1.82) is 0 Å². The number of methoxy groups -OCH3 is 1. The summed E-state index contributed by atoms with van der Waals surface area (Å²) in [5, 5.41) is 0. The lowest BCUT2D eigenvalue weighted by atomic mass is 10.1. The van der Waals surface area contributed by atoms with Crippen LogP contribution in [0.2, 0.25) is 0 Å². The molecule has 0 amide bonds. The summed E-state index contributed by atoms with van der Waals surface area (Å²) in [4.78, 5) is 15.2. The van der Waals surface area contributed by atoms with Crippen LogP contribution in [0, 0.1) is 3.57 Å². The van der Waals surface area contributed by atoms with Gasteiger partial charge in [-0.25, -0.2) is 13.8 Å². The van der Waals surface area contributed by atoms with Gasteiger partial charge < -0.3 is 9.47 Å². The molecule has 0 N–H and O–H groups in total. The summed E-state index contributed by atoms with van der Waals surface area (Å²) < 4.78 is 36.1. The lowest BCUT2D eigenvalue weighted by molar-refractivity contribution is -0.142. The number of alkyl halides is 2. The largest absolute Gasteiger partial charge is 0.481 e. The average Bonchev–Trinajstić information content (AvgIpc) is 2.31. The van der Waals surface area contributed by atoms with Gasteiger partial charge in [0.15, 0.2) is 0 Å². The average molecular weight is 371 g/mol. The fourth-order valence-electron chi connectivity index (χ4n) is 1.44. The Morgan fingerprint density at radius 1 is 1.56 bits per heavy atom. The Kier molecular flexibility index (Phi) is 5.70. The van der Waals surface area contributed by atoms with Crippen molar-refractivity contribution in [3.63, 3.8) is 0 Å². The molecule has 0 aliphatic heterocycles. The number of hydrogen-bond acceptors (Lipinski definition) is 4. The van der Waals surface area contributed by atoms with E-state index >= 15 is 0 Å². The van der Waals surface area contributed by atoms with E-state index in [1.54, 1.807) is 6.92 Å². The van der Waals surface area contributed by atoms with Gasteiger partial charge in [-0.2, -0.15) is 0 Å². The molecule has 0 aliphatic carbocycles. The van der Waals surface area contributed by atoms with E-state index in [1.807, 2.05) is 22.6 Å². The van der Waals surface area contributed by atoms with E-state index in [-0.39, 0.29) is 30.0 Å². The molecule has 4 nitrogen and oxygen atoms in total. The lowest BCUT2D eigenvalue weighted by Crippen LogP contribution is -2.12. The molecule has 100 valence electrons. The van der Waals surface area contributed by atoms with Crippen molar-refractivity contribution in [2.45, 2.75) is 19.8 Å². The summed E-state index contributed by atoms with van der Waals surface area (Å²) >= 11 is 1.85. The third-order valence-corrected chi connectivity index (χ3v) is 3.11. The van der Waals surface area contributed by atoms with Gasteiger partial charge in [0.1, 0.15) is 0 Å². The quantitative estimate of drug-likeness (QED) is 0.590. The summed E-state index contributed by atoms with van der Waals surface area (Å²) in [6.07, 6.45) is -1.59. The van der Waals surface area contributed by atoms with Crippen LogP contribution in [0.15, 0.2) is 6.20 Å². The van der Waals surface area contributed by atoms with E-state index in [0.717, 1.165) is 0 Å². The second-order valence-electron chi connectivity index (χ2n) is 3.29. The molecule has 18 heavy (non-hydrogen) atoms. The predicted octanol–water partition coefficient (Wildman–Crippen LogP) is 2.74. The van der Waals surface area contributed by atoms with E-state index in [9.17, 15) is 13.6 Å². The number of carbonyl (C=O) groups excluding carboxylic acids is 1. The van der Waals surface area contributed by atoms with Gasteiger partial charge in [-0.15, -0.1) is 0 Å². The molecule has 0 atom stereocenters. The minimum absolute atomic E-state index is 0.162. The van der Waals surface area contributed by atoms with Crippen LogP contribution in [0.3, 0.4) is 0 Å². The Morgan fingerprint density at radius 3 is 2.72 bits per heavy atom. The van der Waals surface area contributed by atoms with Crippen molar-refractivity contribution >= 4 is 28.6 Å². The van der Waals surface area contributed by atoms with Crippen LogP contribution in [0.1, 0.15) is 24.5 Å². The third kappa shape index (κ3) is 3.50. The van der Waals surface area contributed by atoms with Gasteiger partial charge in [-0.1, -0.05) is 0 Å². The number of aromatic nitrogens is 1. The van der Waals surface area contributed by atoms with Gasteiger partial charge in [0.25, 0.3) is 6.43 Å². The van der Waals surface area contributed by atoms with Crippen molar-refractivity contribution in [1.82, 2.24) is 4.98 Å². The van der Waals surface area contributed by atoms with Crippen LogP contribution in [-0.4, -0.2) is 24.7 Å². The van der Waals surface area contributed by atoms with Crippen LogP contribution in [-0.2, 0) is 16.0 Å². The number of esters is 1. The molecule has 1 aromatic heterocycles.